The zero-order valence-corrected chi connectivity index (χ0v) is 20.0. The van der Waals surface area contributed by atoms with Crippen LogP contribution in [0.5, 0.6) is 0 Å². The first-order valence-electron chi connectivity index (χ1n) is 10.4. The maximum absolute atomic E-state index is 12.5. The highest BCUT2D eigenvalue weighted by Crippen LogP contribution is 2.30. The molecule has 32 heavy (non-hydrogen) atoms. The number of benzene rings is 1. The molecule has 3 aromatic rings. The molecule has 0 atom stereocenters. The molecule has 0 aliphatic carbocycles. The summed E-state index contributed by atoms with van der Waals surface area (Å²) < 4.78 is 5.72. The van der Waals surface area contributed by atoms with Crippen LogP contribution in [0.25, 0.3) is 6.08 Å². The van der Waals surface area contributed by atoms with E-state index in [1.807, 2.05) is 18.2 Å². The van der Waals surface area contributed by atoms with Crippen LogP contribution in [-0.2, 0) is 11.2 Å². The molecule has 0 unspecified atom stereocenters. The number of hydrogen-bond donors (Lipinski definition) is 1. The Hall–Kier alpha value is -2.60. The molecule has 2 aromatic heterocycles. The van der Waals surface area contributed by atoms with E-state index >= 15 is 0 Å². The highest BCUT2D eigenvalue weighted by atomic mass is 35.5. The Morgan fingerprint density at radius 3 is 2.72 bits per heavy atom. The minimum atomic E-state index is -0.540. The predicted octanol–water partition coefficient (Wildman–Crippen LogP) is 6.99. The average molecular weight is 487 g/mol. The fourth-order valence-electron chi connectivity index (χ4n) is 2.83. The third-order valence-electron chi connectivity index (χ3n) is 4.47. The summed E-state index contributed by atoms with van der Waals surface area (Å²) in [6, 6.07) is 12.8. The molecule has 9 heteroatoms. The summed E-state index contributed by atoms with van der Waals surface area (Å²) in [4.78, 5) is 13.5. The van der Waals surface area contributed by atoms with Gasteiger partial charge in [0.25, 0.3) is 5.91 Å². The number of rotatable bonds is 11. The van der Waals surface area contributed by atoms with Crippen LogP contribution in [-0.4, -0.2) is 16.1 Å². The molecular formula is C23H23ClN4O2S2. The van der Waals surface area contributed by atoms with Crippen LogP contribution in [0.2, 0.25) is 5.02 Å². The average Bonchev–Trinajstić information content (AvgIpc) is 3.42. The van der Waals surface area contributed by atoms with Gasteiger partial charge in [0.15, 0.2) is 5.09 Å². The first kappa shape index (κ1) is 24.1. The van der Waals surface area contributed by atoms with Crippen LogP contribution in [0.3, 0.4) is 0 Å². The van der Waals surface area contributed by atoms with Gasteiger partial charge in [-0.1, -0.05) is 67.3 Å². The fraction of sp³-hybridized carbons (Fsp3) is 0.304. The Balaban J connectivity index is 1.56. The van der Waals surface area contributed by atoms with Gasteiger partial charge in [0.2, 0.25) is 5.13 Å². The van der Waals surface area contributed by atoms with Gasteiger partial charge in [0, 0.05) is 22.4 Å². The number of nitriles is 1. The quantitative estimate of drug-likeness (QED) is 0.178. The molecule has 1 N–H and O–H groups in total. The van der Waals surface area contributed by atoms with Gasteiger partial charge in [-0.25, -0.2) is 0 Å². The molecule has 0 spiro atoms. The Morgan fingerprint density at radius 1 is 1.19 bits per heavy atom. The summed E-state index contributed by atoms with van der Waals surface area (Å²) in [5.74, 6) is -0.125. The number of unbranched alkanes of at least 4 members (excludes halogenated alkanes) is 4. The van der Waals surface area contributed by atoms with E-state index < -0.39 is 5.91 Å². The summed E-state index contributed by atoms with van der Waals surface area (Å²) in [5.41, 5.74) is -0.0706. The first-order chi connectivity index (χ1) is 15.6. The number of hydrogen-bond acceptors (Lipinski definition) is 7. The van der Waals surface area contributed by atoms with E-state index in [1.54, 1.807) is 24.3 Å². The van der Waals surface area contributed by atoms with Gasteiger partial charge in [-0.05, 0) is 42.8 Å². The monoisotopic (exact) mass is 486 g/mol. The van der Waals surface area contributed by atoms with Gasteiger partial charge in [0.1, 0.15) is 22.4 Å². The van der Waals surface area contributed by atoms with Crippen LogP contribution in [0.15, 0.2) is 56.4 Å². The number of furan rings is 1. The largest absolute Gasteiger partial charge is 0.450 e. The highest BCUT2D eigenvalue weighted by Gasteiger charge is 2.14. The minimum absolute atomic E-state index is 0.0706. The molecule has 6 nitrogen and oxygen atoms in total. The van der Waals surface area contributed by atoms with E-state index in [2.05, 4.69) is 22.4 Å². The maximum atomic E-state index is 12.5. The van der Waals surface area contributed by atoms with Crippen LogP contribution < -0.4 is 5.32 Å². The van der Waals surface area contributed by atoms with Crippen molar-refractivity contribution >= 4 is 51.8 Å². The Morgan fingerprint density at radius 2 is 1.97 bits per heavy atom. The summed E-state index contributed by atoms with van der Waals surface area (Å²) in [7, 11) is 0. The van der Waals surface area contributed by atoms with Gasteiger partial charge >= 0.3 is 0 Å². The topological polar surface area (TPSA) is 91.8 Å². The van der Waals surface area contributed by atoms with Crippen molar-refractivity contribution in [3.63, 3.8) is 0 Å². The molecule has 0 aliphatic rings. The van der Waals surface area contributed by atoms with E-state index in [0.717, 1.165) is 29.2 Å². The van der Waals surface area contributed by atoms with Crippen molar-refractivity contribution in [1.29, 1.82) is 5.26 Å². The second-order valence-electron chi connectivity index (χ2n) is 7.00. The molecule has 0 saturated heterocycles. The summed E-state index contributed by atoms with van der Waals surface area (Å²) in [6.07, 6.45) is 8.16. The predicted molar refractivity (Wildman–Crippen MR) is 129 cm³/mol. The van der Waals surface area contributed by atoms with Crippen molar-refractivity contribution in [1.82, 2.24) is 10.2 Å². The number of carbonyl (C=O) groups is 1. The second kappa shape index (κ2) is 12.4. The van der Waals surface area contributed by atoms with Crippen LogP contribution in [0.4, 0.5) is 5.13 Å². The van der Waals surface area contributed by atoms with Gasteiger partial charge in [0.05, 0.1) is 0 Å². The Labute approximate surface area is 200 Å². The van der Waals surface area contributed by atoms with Gasteiger partial charge < -0.3 is 4.42 Å². The normalized spacial score (nSPS) is 11.3. The van der Waals surface area contributed by atoms with E-state index in [0.29, 0.717) is 21.0 Å². The van der Waals surface area contributed by atoms with Crippen molar-refractivity contribution < 1.29 is 9.21 Å². The lowest BCUT2D eigenvalue weighted by Gasteiger charge is -1.99. The Bertz CT molecular complexity index is 1100. The lowest BCUT2D eigenvalue weighted by Crippen LogP contribution is -2.13. The van der Waals surface area contributed by atoms with Gasteiger partial charge in [-0.15, -0.1) is 10.2 Å². The molecule has 0 bridgehead atoms. The van der Waals surface area contributed by atoms with Crippen molar-refractivity contribution in [2.75, 3.05) is 5.32 Å². The summed E-state index contributed by atoms with van der Waals surface area (Å²) in [6.45, 7) is 2.19. The summed E-state index contributed by atoms with van der Waals surface area (Å²) >= 11 is 8.66. The lowest BCUT2D eigenvalue weighted by molar-refractivity contribution is -0.112. The molecule has 3 rings (SSSR count). The zero-order valence-electron chi connectivity index (χ0n) is 17.6. The van der Waals surface area contributed by atoms with Crippen molar-refractivity contribution in [2.24, 2.45) is 0 Å². The van der Waals surface area contributed by atoms with E-state index in [9.17, 15) is 10.1 Å². The van der Waals surface area contributed by atoms with Crippen molar-refractivity contribution in [2.45, 2.75) is 55.4 Å². The molecular weight excluding hydrogens is 464 g/mol. The van der Waals surface area contributed by atoms with E-state index in [-0.39, 0.29) is 5.57 Å². The van der Waals surface area contributed by atoms with Crippen molar-refractivity contribution in [3.05, 3.63) is 57.8 Å². The third kappa shape index (κ3) is 7.52. The standard InChI is InChI=1S/C23H23ClN4O2S2/c1-2-3-4-5-6-7-20-27-28-23(32-20)26-22(29)16(15-25)14-18-10-13-21(30-18)31-19-11-8-17(24)9-12-19/h8-14H,2-7H2,1H3,(H,26,28,29)/b16-14-. The molecule has 0 saturated carbocycles. The molecule has 0 fully saturated rings. The van der Waals surface area contributed by atoms with Gasteiger partial charge in [-0.3, -0.25) is 10.1 Å². The number of amides is 1. The van der Waals surface area contributed by atoms with Gasteiger partial charge in [-0.2, -0.15) is 5.26 Å². The second-order valence-corrected chi connectivity index (χ2v) is 9.58. The fourth-order valence-corrected chi connectivity index (χ4v) is 4.51. The van der Waals surface area contributed by atoms with Crippen LogP contribution in [0.1, 0.15) is 49.8 Å². The summed E-state index contributed by atoms with van der Waals surface area (Å²) in [5, 5.41) is 22.8. The number of halogens is 1. The number of nitrogens with zero attached hydrogens (tertiary/aromatic N) is 3. The van der Waals surface area contributed by atoms with Crippen LogP contribution in [0, 0.1) is 11.3 Å². The van der Waals surface area contributed by atoms with E-state index in [4.69, 9.17) is 16.0 Å². The number of aromatic nitrogens is 2. The third-order valence-corrected chi connectivity index (χ3v) is 6.55. The SMILES string of the molecule is CCCCCCCc1nnc(NC(=O)/C(C#N)=C\c2ccc(Sc3ccc(Cl)cc3)o2)s1. The highest BCUT2D eigenvalue weighted by molar-refractivity contribution is 7.99. The van der Waals surface area contributed by atoms with E-state index in [1.165, 1.54) is 48.4 Å². The Kier molecular flexibility index (Phi) is 9.35. The van der Waals surface area contributed by atoms with Crippen molar-refractivity contribution in [3.8, 4) is 6.07 Å². The molecule has 2 heterocycles. The molecule has 0 aliphatic heterocycles. The zero-order chi connectivity index (χ0) is 22.8. The molecule has 0 radical (unpaired) electrons. The smallest absolute Gasteiger partial charge is 0.268 e. The number of anilines is 1. The molecule has 166 valence electrons. The minimum Gasteiger partial charge on any atom is -0.450 e. The molecule has 1 amide bonds. The number of carbonyl (C=O) groups excluding carboxylic acids is 1. The van der Waals surface area contributed by atoms with Crippen LogP contribution >= 0.6 is 34.7 Å². The lowest BCUT2D eigenvalue weighted by atomic mass is 10.1. The number of nitrogens with one attached hydrogen (secondary N) is 1. The number of aryl methyl sites for hydroxylation is 1. The first-order valence-corrected chi connectivity index (χ1v) is 12.4. The maximum Gasteiger partial charge on any atom is 0.268 e. The molecule has 1 aromatic carbocycles.